The molecule has 0 atom stereocenters. The molecule has 0 radical (unpaired) electrons. The Kier molecular flexibility index (Phi) is 7.63. The number of benzene rings is 4. The van der Waals surface area contributed by atoms with Crippen LogP contribution in [0.2, 0.25) is 0 Å². The van der Waals surface area contributed by atoms with Crippen molar-refractivity contribution in [1.29, 1.82) is 0 Å². The standard InChI is InChI=1S/C30H25BrN2O3S/c1-3-35-26-16-20(17-27-29(34)33-30(37-27)32-23-13-11-19(2)12-14-23)15-25(31)28(26)36-18-22-9-6-8-21-7-4-5-10-24(21)22/h4-17H,3,18H2,1-2H3,(H,32,33,34)/b27-17-. The van der Waals surface area contributed by atoms with Gasteiger partial charge in [0.15, 0.2) is 16.7 Å². The third kappa shape index (κ3) is 5.89. The van der Waals surface area contributed by atoms with Gasteiger partial charge in [0.25, 0.3) is 5.91 Å². The summed E-state index contributed by atoms with van der Waals surface area (Å²) in [6.45, 7) is 4.84. The number of aryl methyl sites for hydroxylation is 1. The van der Waals surface area contributed by atoms with Crippen LogP contribution in [-0.4, -0.2) is 17.7 Å². The van der Waals surface area contributed by atoms with Crippen molar-refractivity contribution in [3.05, 3.63) is 105 Å². The first kappa shape index (κ1) is 25.1. The first-order valence-electron chi connectivity index (χ1n) is 11.9. The van der Waals surface area contributed by atoms with Crippen molar-refractivity contribution >= 4 is 61.3 Å². The molecular formula is C30H25BrN2O3S. The van der Waals surface area contributed by atoms with Gasteiger partial charge in [-0.1, -0.05) is 60.2 Å². The SMILES string of the molecule is CCOc1cc(/C=C2\SC(=Nc3ccc(C)cc3)NC2=O)cc(Br)c1OCc1cccc2ccccc12. The zero-order valence-corrected chi connectivity index (χ0v) is 22.9. The molecule has 0 unspecified atom stereocenters. The molecule has 1 heterocycles. The Balaban J connectivity index is 1.38. The fraction of sp³-hybridized carbons (Fsp3) is 0.133. The molecule has 1 fully saturated rings. The number of rotatable bonds is 7. The molecule has 1 amide bonds. The zero-order chi connectivity index (χ0) is 25.8. The van der Waals surface area contributed by atoms with E-state index in [-0.39, 0.29) is 5.91 Å². The van der Waals surface area contributed by atoms with E-state index in [0.29, 0.717) is 34.8 Å². The molecular weight excluding hydrogens is 548 g/mol. The number of fused-ring (bicyclic) bond motifs is 1. The average Bonchev–Trinajstić information content (AvgIpc) is 3.23. The number of nitrogens with zero attached hydrogens (tertiary/aromatic N) is 1. The highest BCUT2D eigenvalue weighted by Crippen LogP contribution is 2.39. The summed E-state index contributed by atoms with van der Waals surface area (Å²) in [4.78, 5) is 17.7. The Morgan fingerprint density at radius 2 is 1.78 bits per heavy atom. The Morgan fingerprint density at radius 3 is 2.59 bits per heavy atom. The van der Waals surface area contributed by atoms with Crippen LogP contribution in [0.3, 0.4) is 0 Å². The van der Waals surface area contributed by atoms with Crippen LogP contribution in [-0.2, 0) is 11.4 Å². The molecule has 0 aliphatic carbocycles. The summed E-state index contributed by atoms with van der Waals surface area (Å²) in [7, 11) is 0. The van der Waals surface area contributed by atoms with Gasteiger partial charge < -0.3 is 14.8 Å². The highest BCUT2D eigenvalue weighted by molar-refractivity contribution is 9.10. The molecule has 4 aromatic carbocycles. The minimum atomic E-state index is -0.179. The zero-order valence-electron chi connectivity index (χ0n) is 20.5. The Labute approximate surface area is 228 Å². The second-order valence-electron chi connectivity index (χ2n) is 8.51. The van der Waals surface area contributed by atoms with E-state index in [1.807, 2.05) is 74.5 Å². The number of hydrogen-bond acceptors (Lipinski definition) is 5. The van der Waals surface area contributed by atoms with Crippen LogP contribution in [0.4, 0.5) is 5.69 Å². The second-order valence-corrected chi connectivity index (χ2v) is 10.4. The van der Waals surface area contributed by atoms with Crippen LogP contribution in [0.25, 0.3) is 16.8 Å². The number of ether oxygens (including phenoxy) is 2. The van der Waals surface area contributed by atoms with Crippen LogP contribution in [0.5, 0.6) is 11.5 Å². The molecule has 5 rings (SSSR count). The predicted octanol–water partition coefficient (Wildman–Crippen LogP) is 7.78. The van der Waals surface area contributed by atoms with Gasteiger partial charge in [-0.2, -0.15) is 0 Å². The van der Waals surface area contributed by atoms with Crippen molar-refractivity contribution in [2.75, 3.05) is 6.61 Å². The largest absolute Gasteiger partial charge is 0.490 e. The van der Waals surface area contributed by atoms with E-state index in [0.717, 1.165) is 32.2 Å². The summed E-state index contributed by atoms with van der Waals surface area (Å²) in [5.41, 5.74) is 3.87. The smallest absolute Gasteiger partial charge is 0.264 e. The molecule has 37 heavy (non-hydrogen) atoms. The maximum absolute atomic E-state index is 12.6. The van der Waals surface area contributed by atoms with Crippen molar-refractivity contribution in [2.24, 2.45) is 4.99 Å². The number of thioether (sulfide) groups is 1. The molecule has 1 N–H and O–H groups in total. The van der Waals surface area contributed by atoms with Gasteiger partial charge in [0.2, 0.25) is 0 Å². The van der Waals surface area contributed by atoms with Gasteiger partial charge in [0, 0.05) is 0 Å². The van der Waals surface area contributed by atoms with E-state index >= 15 is 0 Å². The molecule has 1 aliphatic rings. The normalized spacial score (nSPS) is 15.4. The van der Waals surface area contributed by atoms with Gasteiger partial charge in [0.1, 0.15) is 6.61 Å². The predicted molar refractivity (Wildman–Crippen MR) is 156 cm³/mol. The first-order chi connectivity index (χ1) is 18.0. The summed E-state index contributed by atoms with van der Waals surface area (Å²) < 4.78 is 12.9. The lowest BCUT2D eigenvalue weighted by Gasteiger charge is -2.15. The molecule has 1 aliphatic heterocycles. The lowest BCUT2D eigenvalue weighted by atomic mass is 10.1. The van der Waals surface area contributed by atoms with E-state index in [4.69, 9.17) is 9.47 Å². The van der Waals surface area contributed by atoms with Gasteiger partial charge >= 0.3 is 0 Å². The lowest BCUT2D eigenvalue weighted by Crippen LogP contribution is -2.19. The molecule has 1 saturated heterocycles. The monoisotopic (exact) mass is 572 g/mol. The number of nitrogens with one attached hydrogen (secondary N) is 1. The first-order valence-corrected chi connectivity index (χ1v) is 13.5. The summed E-state index contributed by atoms with van der Waals surface area (Å²) in [5.74, 6) is 1.06. The summed E-state index contributed by atoms with van der Waals surface area (Å²) in [6, 6.07) is 26.1. The molecule has 186 valence electrons. The lowest BCUT2D eigenvalue weighted by molar-refractivity contribution is -0.115. The van der Waals surface area contributed by atoms with E-state index in [1.165, 1.54) is 17.1 Å². The number of carbonyl (C=O) groups excluding carboxylic acids is 1. The maximum atomic E-state index is 12.6. The van der Waals surface area contributed by atoms with Gasteiger partial charge in [-0.15, -0.1) is 0 Å². The number of halogens is 1. The number of amidine groups is 1. The Bertz CT molecular complexity index is 1520. The quantitative estimate of drug-likeness (QED) is 0.230. The second kappa shape index (κ2) is 11.2. The number of amides is 1. The number of carbonyl (C=O) groups is 1. The maximum Gasteiger partial charge on any atom is 0.264 e. The summed E-state index contributed by atoms with van der Waals surface area (Å²) >= 11 is 4.97. The van der Waals surface area contributed by atoms with E-state index in [2.05, 4.69) is 50.5 Å². The number of aliphatic imine (C=N–C) groups is 1. The highest BCUT2D eigenvalue weighted by Gasteiger charge is 2.24. The fourth-order valence-electron chi connectivity index (χ4n) is 4.01. The van der Waals surface area contributed by atoms with Crippen molar-refractivity contribution in [3.8, 4) is 11.5 Å². The van der Waals surface area contributed by atoms with Gasteiger partial charge in [-0.05, 0) is 93.8 Å². The van der Waals surface area contributed by atoms with E-state index in [1.54, 1.807) is 0 Å². The average molecular weight is 574 g/mol. The van der Waals surface area contributed by atoms with Crippen LogP contribution in [0.1, 0.15) is 23.6 Å². The third-order valence-corrected chi connectivity index (χ3v) is 7.30. The molecule has 0 saturated carbocycles. The van der Waals surface area contributed by atoms with Crippen molar-refractivity contribution in [2.45, 2.75) is 20.5 Å². The molecule has 5 nitrogen and oxygen atoms in total. The van der Waals surface area contributed by atoms with Gasteiger partial charge in [0.05, 0.1) is 21.7 Å². The Hall–Kier alpha value is -3.55. The van der Waals surface area contributed by atoms with Crippen LogP contribution in [0, 0.1) is 6.92 Å². The summed E-state index contributed by atoms with van der Waals surface area (Å²) in [5, 5.41) is 5.73. The molecule has 0 aromatic heterocycles. The fourth-order valence-corrected chi connectivity index (χ4v) is 5.43. The topological polar surface area (TPSA) is 59.9 Å². The van der Waals surface area contributed by atoms with Gasteiger partial charge in [-0.25, -0.2) is 4.99 Å². The van der Waals surface area contributed by atoms with E-state index < -0.39 is 0 Å². The minimum absolute atomic E-state index is 0.179. The van der Waals surface area contributed by atoms with Crippen LogP contribution in [0.15, 0.2) is 93.2 Å². The summed E-state index contributed by atoms with van der Waals surface area (Å²) in [6.07, 6.45) is 1.83. The van der Waals surface area contributed by atoms with Crippen molar-refractivity contribution in [1.82, 2.24) is 5.32 Å². The molecule has 0 bridgehead atoms. The van der Waals surface area contributed by atoms with Gasteiger partial charge in [-0.3, -0.25) is 4.79 Å². The van der Waals surface area contributed by atoms with Crippen LogP contribution >= 0.6 is 27.7 Å². The highest BCUT2D eigenvalue weighted by atomic mass is 79.9. The Morgan fingerprint density at radius 1 is 1.00 bits per heavy atom. The van der Waals surface area contributed by atoms with Crippen molar-refractivity contribution in [3.63, 3.8) is 0 Å². The minimum Gasteiger partial charge on any atom is -0.490 e. The molecule has 7 heteroatoms. The van der Waals surface area contributed by atoms with Crippen molar-refractivity contribution < 1.29 is 14.3 Å². The third-order valence-electron chi connectivity index (χ3n) is 5.80. The molecule has 0 spiro atoms. The van der Waals surface area contributed by atoms with Crippen LogP contribution < -0.4 is 14.8 Å². The number of hydrogen-bond donors (Lipinski definition) is 1. The molecule has 4 aromatic rings. The van der Waals surface area contributed by atoms with E-state index in [9.17, 15) is 4.79 Å².